The van der Waals surface area contributed by atoms with E-state index < -0.39 is 24.3 Å². The van der Waals surface area contributed by atoms with Crippen LogP contribution in [0.3, 0.4) is 0 Å². The lowest BCUT2D eigenvalue weighted by Gasteiger charge is -2.59. The summed E-state index contributed by atoms with van der Waals surface area (Å²) >= 11 is 0. The molecule has 1 spiro atoms. The number of nitrogens with one attached hydrogen (secondary N) is 1. The van der Waals surface area contributed by atoms with Gasteiger partial charge in [0.05, 0.1) is 19.3 Å². The summed E-state index contributed by atoms with van der Waals surface area (Å²) < 4.78 is 68.6. The summed E-state index contributed by atoms with van der Waals surface area (Å²) in [5.41, 5.74) is 0.690. The summed E-state index contributed by atoms with van der Waals surface area (Å²) in [5, 5.41) is 17.6. The maximum atomic E-state index is 10.6. The summed E-state index contributed by atoms with van der Waals surface area (Å²) in [6.45, 7) is 7.07. The Labute approximate surface area is 137 Å². The van der Waals surface area contributed by atoms with Crippen molar-refractivity contribution in [1.29, 1.82) is 0 Å². The number of halogens is 6. The second-order valence-corrected chi connectivity index (χ2v) is 5.81. The van der Waals surface area contributed by atoms with Crippen LogP contribution in [0.25, 0.3) is 0 Å². The first kappa shape index (κ1) is 21.4. The van der Waals surface area contributed by atoms with Gasteiger partial charge in [-0.2, -0.15) is 26.3 Å². The monoisotopic (exact) mass is 382 g/mol. The van der Waals surface area contributed by atoms with Gasteiger partial charge in [0, 0.05) is 31.6 Å². The van der Waals surface area contributed by atoms with Gasteiger partial charge in [0.15, 0.2) is 0 Å². The number of aliphatic carboxylic acids is 2. The molecule has 0 bridgehead atoms. The van der Waals surface area contributed by atoms with E-state index in [4.69, 9.17) is 24.5 Å². The Morgan fingerprint density at radius 1 is 0.960 bits per heavy atom. The zero-order chi connectivity index (χ0) is 19.5. The Hall–Kier alpha value is -1.60. The van der Waals surface area contributed by atoms with Crippen LogP contribution in [-0.2, 0) is 14.3 Å². The van der Waals surface area contributed by atoms with Gasteiger partial charge in [0.2, 0.25) is 0 Å². The predicted octanol–water partition coefficient (Wildman–Crippen LogP) is 0.557. The van der Waals surface area contributed by atoms with Crippen LogP contribution in [0, 0.1) is 5.41 Å². The third-order valence-corrected chi connectivity index (χ3v) is 3.70. The van der Waals surface area contributed by atoms with E-state index in [2.05, 4.69) is 10.2 Å². The molecular formula is C12H16F6N2O5. The summed E-state index contributed by atoms with van der Waals surface area (Å²) in [4.78, 5) is 20.4. The molecule has 0 unspecified atom stereocenters. The highest BCUT2D eigenvalue weighted by Crippen LogP contribution is 2.36. The molecule has 3 fully saturated rings. The Balaban J connectivity index is 0.000000199. The summed E-state index contributed by atoms with van der Waals surface area (Å²) in [6, 6.07) is 0.765. The van der Waals surface area contributed by atoms with E-state index in [-0.39, 0.29) is 0 Å². The van der Waals surface area contributed by atoms with Crippen LogP contribution in [0.15, 0.2) is 0 Å². The van der Waals surface area contributed by atoms with E-state index in [1.165, 1.54) is 26.2 Å². The first-order valence-corrected chi connectivity index (χ1v) is 6.90. The van der Waals surface area contributed by atoms with E-state index in [1.807, 2.05) is 0 Å². The van der Waals surface area contributed by atoms with Gasteiger partial charge in [0.25, 0.3) is 0 Å². The Kier molecular flexibility index (Phi) is 6.64. The van der Waals surface area contributed by atoms with Gasteiger partial charge in [0.1, 0.15) is 0 Å². The number of carbonyl (C=O) groups is 2. The van der Waals surface area contributed by atoms with Crippen molar-refractivity contribution < 1.29 is 50.9 Å². The van der Waals surface area contributed by atoms with E-state index in [0.29, 0.717) is 5.41 Å². The number of nitrogens with zero attached hydrogens (tertiary/aromatic N) is 1. The molecule has 7 nitrogen and oxygen atoms in total. The van der Waals surface area contributed by atoms with Crippen LogP contribution >= 0.6 is 0 Å². The number of hydrogen-bond donors (Lipinski definition) is 3. The molecule has 0 saturated carbocycles. The second-order valence-electron chi connectivity index (χ2n) is 5.81. The number of hydrogen-bond acceptors (Lipinski definition) is 5. The maximum Gasteiger partial charge on any atom is 0.490 e. The van der Waals surface area contributed by atoms with Gasteiger partial charge >= 0.3 is 24.3 Å². The number of alkyl halides is 6. The first-order valence-electron chi connectivity index (χ1n) is 6.90. The summed E-state index contributed by atoms with van der Waals surface area (Å²) in [7, 11) is 0. The molecule has 0 amide bonds. The average molecular weight is 382 g/mol. The molecule has 0 atom stereocenters. The highest BCUT2D eigenvalue weighted by atomic mass is 19.4. The van der Waals surface area contributed by atoms with Crippen LogP contribution in [0.5, 0.6) is 0 Å². The number of rotatable bonds is 1. The molecule has 3 heterocycles. The molecule has 0 aromatic carbocycles. The normalized spacial score (nSPS) is 22.2. The van der Waals surface area contributed by atoms with Crippen molar-refractivity contribution in [3.63, 3.8) is 0 Å². The van der Waals surface area contributed by atoms with E-state index in [1.54, 1.807) is 0 Å². The summed E-state index contributed by atoms with van der Waals surface area (Å²) in [6.07, 6.45) is -10.2. The van der Waals surface area contributed by atoms with Crippen molar-refractivity contribution in [2.24, 2.45) is 5.41 Å². The fourth-order valence-corrected chi connectivity index (χ4v) is 2.21. The summed E-state index contributed by atoms with van der Waals surface area (Å²) in [5.74, 6) is -5.51. The van der Waals surface area contributed by atoms with Crippen LogP contribution < -0.4 is 5.32 Å². The zero-order valence-electron chi connectivity index (χ0n) is 12.7. The third-order valence-electron chi connectivity index (χ3n) is 3.70. The van der Waals surface area contributed by atoms with E-state index in [0.717, 1.165) is 19.3 Å². The Morgan fingerprint density at radius 2 is 1.32 bits per heavy atom. The topological polar surface area (TPSA) is 99.1 Å². The standard InChI is InChI=1S/C8H14N2O.2C2HF3O2/c1-7(2-11-1)10-5-8(6-10)3-9-4-8;2*3-2(4,5)1(6)7/h7,9H,1-6H2;2*(H,6,7). The molecule has 13 heteroatoms. The SMILES string of the molecule is C1OCC1N1CC2(CNC2)C1.O=C(O)C(F)(F)F.O=C(O)C(F)(F)F. The highest BCUT2D eigenvalue weighted by Gasteiger charge is 2.50. The van der Waals surface area contributed by atoms with Crippen LogP contribution in [-0.4, -0.2) is 84.8 Å². The quantitative estimate of drug-likeness (QED) is 0.570. The van der Waals surface area contributed by atoms with Crippen LogP contribution in [0.2, 0.25) is 0 Å². The van der Waals surface area contributed by atoms with E-state index in [9.17, 15) is 26.3 Å². The number of carboxylic acid groups (broad SMARTS) is 2. The third kappa shape index (κ3) is 6.32. The minimum Gasteiger partial charge on any atom is -0.475 e. The van der Waals surface area contributed by atoms with Crippen molar-refractivity contribution in [2.45, 2.75) is 18.4 Å². The maximum absolute atomic E-state index is 10.6. The molecule has 146 valence electrons. The van der Waals surface area contributed by atoms with E-state index >= 15 is 0 Å². The Bertz CT molecular complexity index is 455. The average Bonchev–Trinajstić information content (AvgIpc) is 2.27. The van der Waals surface area contributed by atoms with Gasteiger partial charge < -0.3 is 20.3 Å². The molecule has 3 saturated heterocycles. The molecule has 25 heavy (non-hydrogen) atoms. The number of carboxylic acids is 2. The van der Waals surface area contributed by atoms with Crippen molar-refractivity contribution in [3.05, 3.63) is 0 Å². The number of ether oxygens (including phenoxy) is 1. The fourth-order valence-electron chi connectivity index (χ4n) is 2.21. The fraction of sp³-hybridized carbons (Fsp3) is 0.833. The molecule has 3 aliphatic heterocycles. The number of likely N-dealkylation sites (tertiary alicyclic amines) is 1. The largest absolute Gasteiger partial charge is 0.490 e. The van der Waals surface area contributed by atoms with Gasteiger partial charge in [-0.15, -0.1) is 0 Å². The molecule has 0 aliphatic carbocycles. The van der Waals surface area contributed by atoms with Crippen molar-refractivity contribution >= 4 is 11.9 Å². The van der Waals surface area contributed by atoms with Crippen molar-refractivity contribution in [1.82, 2.24) is 10.2 Å². The lowest BCUT2D eigenvalue weighted by molar-refractivity contribution is -0.193. The molecule has 3 N–H and O–H groups in total. The van der Waals surface area contributed by atoms with Crippen LogP contribution in [0.1, 0.15) is 0 Å². The van der Waals surface area contributed by atoms with Gasteiger partial charge in [-0.3, -0.25) is 4.90 Å². The lowest BCUT2D eigenvalue weighted by Crippen LogP contribution is -2.74. The van der Waals surface area contributed by atoms with Gasteiger partial charge in [-0.05, 0) is 0 Å². The second kappa shape index (κ2) is 7.74. The molecule has 0 aromatic heterocycles. The predicted molar refractivity (Wildman–Crippen MR) is 68.9 cm³/mol. The molecule has 3 rings (SSSR count). The van der Waals surface area contributed by atoms with Crippen molar-refractivity contribution in [2.75, 3.05) is 39.4 Å². The van der Waals surface area contributed by atoms with Gasteiger partial charge in [-0.25, -0.2) is 9.59 Å². The minimum absolute atomic E-state index is 0.690. The first-order chi connectivity index (χ1) is 11.3. The van der Waals surface area contributed by atoms with Crippen LogP contribution in [0.4, 0.5) is 26.3 Å². The van der Waals surface area contributed by atoms with Gasteiger partial charge in [-0.1, -0.05) is 0 Å². The highest BCUT2D eigenvalue weighted by molar-refractivity contribution is 5.73. The molecule has 0 radical (unpaired) electrons. The Morgan fingerprint density at radius 3 is 1.48 bits per heavy atom. The van der Waals surface area contributed by atoms with Crippen molar-refractivity contribution in [3.8, 4) is 0 Å². The molecule has 0 aromatic rings. The smallest absolute Gasteiger partial charge is 0.475 e. The lowest BCUT2D eigenvalue weighted by atomic mass is 9.73. The molecule has 3 aliphatic rings. The molecular weight excluding hydrogens is 366 g/mol. The zero-order valence-corrected chi connectivity index (χ0v) is 12.7. The minimum atomic E-state index is -5.08.